The smallest absolute Gasteiger partial charge is 0.244 e. The van der Waals surface area contributed by atoms with E-state index in [1.54, 1.807) is 19.1 Å². The fraction of sp³-hybridized carbons (Fsp3) is 0.278. The molecule has 0 saturated carbocycles. The molecule has 0 spiro atoms. The van der Waals surface area contributed by atoms with Gasteiger partial charge < -0.3 is 20.9 Å². The van der Waals surface area contributed by atoms with Crippen molar-refractivity contribution in [3.63, 3.8) is 0 Å². The molecule has 23 heavy (non-hydrogen) atoms. The van der Waals surface area contributed by atoms with Gasteiger partial charge in [0.2, 0.25) is 5.91 Å². The van der Waals surface area contributed by atoms with E-state index < -0.39 is 5.54 Å². The summed E-state index contributed by atoms with van der Waals surface area (Å²) in [6.45, 7) is 2.33. The Bertz CT molecular complexity index is 624. The van der Waals surface area contributed by atoms with Gasteiger partial charge in [0.15, 0.2) is 0 Å². The first-order valence-corrected chi connectivity index (χ1v) is 7.49. The summed E-state index contributed by atoms with van der Waals surface area (Å²) in [5.74, 6) is 0.450. The van der Waals surface area contributed by atoms with Crippen molar-refractivity contribution < 1.29 is 14.6 Å². The topological polar surface area (TPSA) is 84.6 Å². The number of amides is 1. The van der Waals surface area contributed by atoms with Crippen LogP contribution in [0.4, 0.5) is 0 Å². The number of aliphatic hydroxyl groups is 1. The van der Waals surface area contributed by atoms with Crippen LogP contribution in [-0.2, 0) is 16.9 Å². The molecular weight excluding hydrogens is 292 g/mol. The van der Waals surface area contributed by atoms with Gasteiger partial charge in [0.25, 0.3) is 0 Å². The predicted molar refractivity (Wildman–Crippen MR) is 88.9 cm³/mol. The molecule has 2 aromatic rings. The van der Waals surface area contributed by atoms with Crippen LogP contribution >= 0.6 is 0 Å². The van der Waals surface area contributed by atoms with E-state index in [4.69, 9.17) is 15.6 Å². The highest BCUT2D eigenvalue weighted by Gasteiger charge is 2.29. The van der Waals surface area contributed by atoms with E-state index in [1.807, 2.05) is 42.5 Å². The number of aliphatic hydroxyl groups excluding tert-OH is 1. The highest BCUT2D eigenvalue weighted by molar-refractivity contribution is 5.86. The lowest BCUT2D eigenvalue weighted by Gasteiger charge is -2.24. The van der Waals surface area contributed by atoms with Gasteiger partial charge in [0, 0.05) is 6.54 Å². The van der Waals surface area contributed by atoms with Gasteiger partial charge in [-0.2, -0.15) is 0 Å². The molecule has 4 N–H and O–H groups in total. The minimum absolute atomic E-state index is 0.0215. The zero-order valence-corrected chi connectivity index (χ0v) is 13.2. The van der Waals surface area contributed by atoms with Crippen LogP contribution in [0.1, 0.15) is 18.1 Å². The Hall–Kier alpha value is -2.37. The number of benzene rings is 2. The van der Waals surface area contributed by atoms with E-state index in [2.05, 4.69) is 5.32 Å². The fourth-order valence-electron chi connectivity index (χ4n) is 2.15. The van der Waals surface area contributed by atoms with E-state index in [9.17, 15) is 4.79 Å². The molecule has 1 amide bonds. The minimum atomic E-state index is -1.08. The minimum Gasteiger partial charge on any atom is -0.491 e. The van der Waals surface area contributed by atoms with Crippen LogP contribution in [0.3, 0.4) is 0 Å². The van der Waals surface area contributed by atoms with Gasteiger partial charge >= 0.3 is 0 Å². The third kappa shape index (κ3) is 4.55. The Labute approximate surface area is 136 Å². The van der Waals surface area contributed by atoms with Gasteiger partial charge in [0.1, 0.15) is 17.9 Å². The second-order valence-electron chi connectivity index (χ2n) is 5.47. The highest BCUT2D eigenvalue weighted by Crippen LogP contribution is 2.18. The molecule has 5 heteroatoms. The first-order valence-electron chi connectivity index (χ1n) is 7.49. The summed E-state index contributed by atoms with van der Waals surface area (Å²) in [5.41, 5.74) is 6.80. The van der Waals surface area contributed by atoms with Crippen molar-refractivity contribution >= 4 is 5.91 Å². The van der Waals surface area contributed by atoms with Gasteiger partial charge in [-0.1, -0.05) is 42.5 Å². The Morgan fingerprint density at radius 3 is 2.43 bits per heavy atom. The van der Waals surface area contributed by atoms with E-state index in [0.29, 0.717) is 12.3 Å². The number of nitrogens with one attached hydrogen (secondary N) is 1. The second-order valence-corrected chi connectivity index (χ2v) is 5.47. The summed E-state index contributed by atoms with van der Waals surface area (Å²) in [4.78, 5) is 12.4. The number of rotatable bonds is 7. The molecular formula is C18H22N2O3. The Morgan fingerprint density at radius 2 is 1.83 bits per heavy atom. The second kappa shape index (κ2) is 7.76. The molecule has 0 fully saturated rings. The molecule has 0 aliphatic carbocycles. The van der Waals surface area contributed by atoms with Crippen LogP contribution in [0.25, 0.3) is 0 Å². The number of carbonyl (C=O) groups is 1. The van der Waals surface area contributed by atoms with Gasteiger partial charge in [-0.15, -0.1) is 0 Å². The van der Waals surface area contributed by atoms with Crippen LogP contribution < -0.4 is 15.8 Å². The van der Waals surface area contributed by atoms with Crippen LogP contribution in [0.15, 0.2) is 54.6 Å². The zero-order valence-electron chi connectivity index (χ0n) is 13.2. The molecule has 2 rings (SSSR count). The molecule has 2 aromatic carbocycles. The van der Waals surface area contributed by atoms with Crippen molar-refractivity contribution in [3.05, 3.63) is 65.7 Å². The Kier molecular flexibility index (Phi) is 5.73. The predicted octanol–water partition coefficient (Wildman–Crippen LogP) is 1.55. The maximum Gasteiger partial charge on any atom is 0.244 e. The lowest BCUT2D eigenvalue weighted by Crippen LogP contribution is -2.48. The van der Waals surface area contributed by atoms with E-state index in [-0.39, 0.29) is 19.1 Å². The molecule has 0 radical (unpaired) electrons. The summed E-state index contributed by atoms with van der Waals surface area (Å²) in [6, 6.07) is 16.6. The number of nitrogens with two attached hydrogens (primary N) is 1. The number of hydrogen-bond acceptors (Lipinski definition) is 4. The third-order valence-corrected chi connectivity index (χ3v) is 3.58. The van der Waals surface area contributed by atoms with E-state index in [0.717, 1.165) is 11.1 Å². The summed E-state index contributed by atoms with van der Waals surface area (Å²) < 4.78 is 5.29. The number of ether oxygens (including phenoxy) is 1. The molecule has 0 bridgehead atoms. The highest BCUT2D eigenvalue weighted by atomic mass is 16.5. The van der Waals surface area contributed by atoms with Crippen molar-refractivity contribution in [2.75, 3.05) is 13.2 Å². The first kappa shape index (κ1) is 17.0. The molecule has 0 aliphatic heterocycles. The van der Waals surface area contributed by atoms with Crippen LogP contribution in [0.5, 0.6) is 5.75 Å². The van der Waals surface area contributed by atoms with Crippen molar-refractivity contribution in [2.45, 2.75) is 19.0 Å². The fourth-order valence-corrected chi connectivity index (χ4v) is 2.15. The third-order valence-electron chi connectivity index (χ3n) is 3.58. The maximum atomic E-state index is 12.4. The summed E-state index contributed by atoms with van der Waals surface area (Å²) in [6.07, 6.45) is 0. The average molecular weight is 314 g/mol. The van der Waals surface area contributed by atoms with Gasteiger partial charge in [0.05, 0.1) is 6.61 Å². The van der Waals surface area contributed by atoms with Crippen molar-refractivity contribution in [2.24, 2.45) is 5.73 Å². The molecule has 1 unspecified atom stereocenters. The average Bonchev–Trinajstić information content (AvgIpc) is 2.59. The SMILES string of the molecule is CC(N)(C(=O)NCc1ccc(OCCO)cc1)c1ccccc1. The Balaban J connectivity index is 1.93. The zero-order chi connectivity index (χ0) is 16.7. The van der Waals surface area contributed by atoms with E-state index in [1.165, 1.54) is 0 Å². The monoisotopic (exact) mass is 314 g/mol. The largest absolute Gasteiger partial charge is 0.491 e. The lowest BCUT2D eigenvalue weighted by molar-refractivity contribution is -0.126. The molecule has 0 aromatic heterocycles. The van der Waals surface area contributed by atoms with Crippen molar-refractivity contribution in [3.8, 4) is 5.75 Å². The Morgan fingerprint density at radius 1 is 1.17 bits per heavy atom. The summed E-state index contributed by atoms with van der Waals surface area (Å²) in [7, 11) is 0. The molecule has 0 saturated heterocycles. The lowest BCUT2D eigenvalue weighted by atomic mass is 9.92. The summed E-state index contributed by atoms with van der Waals surface area (Å²) in [5, 5.41) is 11.6. The van der Waals surface area contributed by atoms with Gasteiger partial charge in [-0.25, -0.2) is 0 Å². The van der Waals surface area contributed by atoms with Crippen molar-refractivity contribution in [1.29, 1.82) is 0 Å². The summed E-state index contributed by atoms with van der Waals surface area (Å²) >= 11 is 0. The normalized spacial score (nSPS) is 13.2. The molecule has 1 atom stereocenters. The van der Waals surface area contributed by atoms with Gasteiger partial charge in [-0.05, 0) is 30.2 Å². The molecule has 5 nitrogen and oxygen atoms in total. The van der Waals surface area contributed by atoms with Crippen LogP contribution in [0.2, 0.25) is 0 Å². The van der Waals surface area contributed by atoms with Crippen LogP contribution in [0, 0.1) is 0 Å². The maximum absolute atomic E-state index is 12.4. The van der Waals surface area contributed by atoms with E-state index >= 15 is 0 Å². The molecule has 0 aliphatic rings. The number of carbonyl (C=O) groups excluding carboxylic acids is 1. The first-order chi connectivity index (χ1) is 11.0. The quantitative estimate of drug-likeness (QED) is 0.724. The molecule has 122 valence electrons. The molecule has 0 heterocycles. The van der Waals surface area contributed by atoms with Gasteiger partial charge in [-0.3, -0.25) is 4.79 Å². The van der Waals surface area contributed by atoms with Crippen molar-refractivity contribution in [1.82, 2.24) is 5.32 Å². The number of hydrogen-bond donors (Lipinski definition) is 3. The van der Waals surface area contributed by atoms with Crippen LogP contribution in [-0.4, -0.2) is 24.2 Å². The standard InChI is InChI=1S/C18H22N2O3/c1-18(19,15-5-3-2-4-6-15)17(22)20-13-14-7-9-16(10-8-14)23-12-11-21/h2-10,21H,11-13,19H2,1H3,(H,20,22).